The van der Waals surface area contributed by atoms with Crippen LogP contribution in [0.15, 0.2) is 11.1 Å². The van der Waals surface area contributed by atoms with Crippen molar-refractivity contribution in [3.8, 4) is 0 Å². The molecule has 0 aliphatic heterocycles. The highest BCUT2D eigenvalue weighted by Gasteiger charge is 2.59. The van der Waals surface area contributed by atoms with Crippen molar-refractivity contribution in [2.24, 2.45) is 46.3 Å². The fraction of sp³-hybridized carbons (Fsp3) is 0.893. The van der Waals surface area contributed by atoms with Gasteiger partial charge >= 0.3 is 0 Å². The maximum absolute atomic E-state index is 13.5. The maximum Gasteiger partial charge on any atom is 0.159 e. The molecule has 4 aliphatic rings. The van der Waals surface area contributed by atoms with Crippen LogP contribution >= 0.6 is 0 Å². The van der Waals surface area contributed by atoms with Crippen LogP contribution in [0, 0.1) is 46.3 Å². The molecule has 0 saturated heterocycles. The van der Waals surface area contributed by atoms with Gasteiger partial charge in [0.05, 0.1) is 6.10 Å². The van der Waals surface area contributed by atoms with Gasteiger partial charge in [0.1, 0.15) is 0 Å². The molecule has 0 aromatic carbocycles. The van der Waals surface area contributed by atoms with E-state index in [4.69, 9.17) is 0 Å². The fourth-order valence-corrected chi connectivity index (χ4v) is 8.53. The maximum atomic E-state index is 13.5. The monoisotopic (exact) mass is 414 g/mol. The first-order valence-corrected chi connectivity index (χ1v) is 13.0. The lowest BCUT2D eigenvalue weighted by Crippen LogP contribution is -2.50. The summed E-state index contributed by atoms with van der Waals surface area (Å²) in [6, 6.07) is 0. The zero-order chi connectivity index (χ0) is 21.8. The highest BCUT2D eigenvalue weighted by Crippen LogP contribution is 2.66. The van der Waals surface area contributed by atoms with Crippen LogP contribution in [0.2, 0.25) is 0 Å². The summed E-state index contributed by atoms with van der Waals surface area (Å²) in [4.78, 5) is 13.5. The number of aliphatic hydroxyl groups is 1. The topological polar surface area (TPSA) is 37.3 Å². The molecule has 30 heavy (non-hydrogen) atoms. The second kappa shape index (κ2) is 8.05. The molecule has 0 heterocycles. The van der Waals surface area contributed by atoms with Crippen LogP contribution in [0.1, 0.15) is 106 Å². The first kappa shape index (κ1) is 22.6. The van der Waals surface area contributed by atoms with E-state index in [1.807, 2.05) is 0 Å². The molecule has 1 N–H and O–H groups in total. The van der Waals surface area contributed by atoms with Crippen molar-refractivity contribution in [2.75, 3.05) is 0 Å². The molecule has 0 bridgehead atoms. The van der Waals surface area contributed by atoms with Gasteiger partial charge in [0.25, 0.3) is 0 Å². The van der Waals surface area contributed by atoms with Crippen molar-refractivity contribution in [2.45, 2.75) is 112 Å². The summed E-state index contributed by atoms with van der Waals surface area (Å²) in [6.07, 6.45) is 11.2. The quantitative estimate of drug-likeness (QED) is 0.528. The Morgan fingerprint density at radius 3 is 2.50 bits per heavy atom. The fourth-order valence-electron chi connectivity index (χ4n) is 8.53. The van der Waals surface area contributed by atoms with E-state index in [0.717, 1.165) is 31.6 Å². The van der Waals surface area contributed by atoms with E-state index in [2.05, 4.69) is 41.5 Å². The molecule has 4 rings (SSSR count). The number of allylic oxidation sites excluding steroid dienone is 2. The van der Waals surface area contributed by atoms with Crippen molar-refractivity contribution in [3.63, 3.8) is 0 Å². The number of carbonyl (C=O) groups excluding carboxylic acids is 1. The zero-order valence-corrected chi connectivity index (χ0v) is 20.5. The predicted molar refractivity (Wildman–Crippen MR) is 124 cm³/mol. The molecular formula is C28H46O2. The minimum Gasteiger partial charge on any atom is -0.393 e. The summed E-state index contributed by atoms with van der Waals surface area (Å²) in [7, 11) is 0. The molecule has 0 aromatic rings. The van der Waals surface area contributed by atoms with Crippen molar-refractivity contribution >= 4 is 5.78 Å². The molecule has 0 spiro atoms. The van der Waals surface area contributed by atoms with Gasteiger partial charge in [-0.2, -0.15) is 0 Å². The van der Waals surface area contributed by atoms with Crippen LogP contribution in [0.5, 0.6) is 0 Å². The van der Waals surface area contributed by atoms with Crippen LogP contribution in [-0.4, -0.2) is 17.0 Å². The molecule has 2 heteroatoms. The van der Waals surface area contributed by atoms with Crippen molar-refractivity contribution in [1.29, 1.82) is 0 Å². The Morgan fingerprint density at radius 2 is 1.80 bits per heavy atom. The molecule has 2 nitrogen and oxygen atoms in total. The van der Waals surface area contributed by atoms with Gasteiger partial charge in [0, 0.05) is 12.0 Å². The summed E-state index contributed by atoms with van der Waals surface area (Å²) in [6.45, 7) is 14.4. The number of rotatable bonds is 5. The standard InChI is InChI=1S/C28H46O2/c1-17(2)8-7-9-18(3)23-16-24(30)26-25-19(4)14-20-15-21(29)10-12-27(20,5)22(25)11-13-28(23,26)6/h17-23,29H,7-16H2,1-6H3/t18-,19-,20+,21+,22+,23-,27+,28-/m1/s1. The lowest BCUT2D eigenvalue weighted by Gasteiger charge is -2.58. The molecule has 0 unspecified atom stereocenters. The Bertz CT molecular complexity index is 705. The third-order valence-electron chi connectivity index (χ3n) is 10.3. The number of hydrogen-bond acceptors (Lipinski definition) is 2. The van der Waals surface area contributed by atoms with Gasteiger partial charge in [-0.25, -0.2) is 0 Å². The zero-order valence-electron chi connectivity index (χ0n) is 20.5. The second-order valence-electron chi connectivity index (χ2n) is 12.6. The number of aliphatic hydroxyl groups excluding tert-OH is 1. The Balaban J connectivity index is 1.64. The average molecular weight is 415 g/mol. The van der Waals surface area contributed by atoms with Crippen LogP contribution in [0.3, 0.4) is 0 Å². The number of carbonyl (C=O) groups is 1. The molecule has 170 valence electrons. The van der Waals surface area contributed by atoms with Crippen molar-refractivity contribution in [3.05, 3.63) is 11.1 Å². The normalized spacial score (nSPS) is 44.7. The highest BCUT2D eigenvalue weighted by atomic mass is 16.3. The van der Waals surface area contributed by atoms with Crippen molar-refractivity contribution in [1.82, 2.24) is 0 Å². The van der Waals surface area contributed by atoms with E-state index < -0.39 is 0 Å². The van der Waals surface area contributed by atoms with Gasteiger partial charge < -0.3 is 5.11 Å². The molecule has 8 atom stereocenters. The van der Waals surface area contributed by atoms with E-state index in [-0.39, 0.29) is 16.9 Å². The summed E-state index contributed by atoms with van der Waals surface area (Å²) in [5, 5.41) is 10.3. The smallest absolute Gasteiger partial charge is 0.159 e. The minimum absolute atomic E-state index is 0.103. The summed E-state index contributed by atoms with van der Waals surface area (Å²) in [5.41, 5.74) is 3.25. The Morgan fingerprint density at radius 1 is 1.07 bits per heavy atom. The molecule has 0 amide bonds. The van der Waals surface area contributed by atoms with Gasteiger partial charge in [-0.3, -0.25) is 4.79 Å². The molecular weight excluding hydrogens is 368 g/mol. The van der Waals surface area contributed by atoms with Crippen LogP contribution in [0.25, 0.3) is 0 Å². The first-order valence-electron chi connectivity index (χ1n) is 13.0. The molecule has 3 saturated carbocycles. The largest absolute Gasteiger partial charge is 0.393 e. The molecule has 0 aromatic heterocycles. The highest BCUT2D eigenvalue weighted by molar-refractivity contribution is 6.00. The molecule has 4 aliphatic carbocycles. The number of fused-ring (bicyclic) bond motifs is 4. The Labute approximate surface area is 185 Å². The molecule has 3 fully saturated rings. The van der Waals surface area contributed by atoms with Gasteiger partial charge in [0.15, 0.2) is 5.78 Å². The lowest BCUT2D eigenvalue weighted by atomic mass is 9.47. The van der Waals surface area contributed by atoms with Crippen LogP contribution in [-0.2, 0) is 4.79 Å². The van der Waals surface area contributed by atoms with E-state index >= 15 is 0 Å². The second-order valence-corrected chi connectivity index (χ2v) is 12.6. The number of hydrogen-bond donors (Lipinski definition) is 1. The van der Waals surface area contributed by atoms with E-state index in [1.54, 1.807) is 5.57 Å². The Kier molecular flexibility index (Phi) is 6.06. The van der Waals surface area contributed by atoms with E-state index in [0.29, 0.717) is 35.4 Å². The SMILES string of the molecule is CC(C)CCC[C@@H](C)[C@H]1CC(=O)C2=C3[C@H](C)C[C@H]4C[C@@H](O)CC[C@]4(C)[C@H]3CC[C@@]21C. The van der Waals surface area contributed by atoms with Gasteiger partial charge in [-0.05, 0) is 84.9 Å². The first-order chi connectivity index (χ1) is 14.1. The van der Waals surface area contributed by atoms with Crippen molar-refractivity contribution < 1.29 is 9.90 Å². The third kappa shape index (κ3) is 3.54. The lowest BCUT2D eigenvalue weighted by molar-refractivity contribution is -0.115. The van der Waals surface area contributed by atoms with Gasteiger partial charge in [0.2, 0.25) is 0 Å². The average Bonchev–Trinajstić information content (AvgIpc) is 2.94. The van der Waals surface area contributed by atoms with Gasteiger partial charge in [-0.1, -0.05) is 66.4 Å². The van der Waals surface area contributed by atoms with Gasteiger partial charge in [-0.15, -0.1) is 0 Å². The number of Topliss-reactive ketones (excluding diaryl/α,β-unsaturated/α-hetero) is 1. The summed E-state index contributed by atoms with van der Waals surface area (Å²) < 4.78 is 0. The minimum atomic E-state index is -0.109. The van der Waals surface area contributed by atoms with E-state index in [1.165, 1.54) is 44.1 Å². The van der Waals surface area contributed by atoms with Crippen LogP contribution in [0.4, 0.5) is 0 Å². The van der Waals surface area contributed by atoms with E-state index in [9.17, 15) is 9.90 Å². The Hall–Kier alpha value is -0.630. The van der Waals surface area contributed by atoms with Crippen LogP contribution < -0.4 is 0 Å². The molecule has 0 radical (unpaired) electrons. The number of ketones is 1. The summed E-state index contributed by atoms with van der Waals surface area (Å²) >= 11 is 0. The summed E-state index contributed by atoms with van der Waals surface area (Å²) in [5.74, 6) is 4.13. The predicted octanol–water partition coefficient (Wildman–Crippen LogP) is 6.96. The third-order valence-corrected chi connectivity index (χ3v) is 10.3.